The number of hydrogen-bond donors (Lipinski definition) is 2. The molecule has 0 aliphatic heterocycles. The van der Waals surface area contributed by atoms with Crippen molar-refractivity contribution < 1.29 is 4.74 Å². The molecule has 1 aromatic carbocycles. The van der Waals surface area contributed by atoms with Crippen molar-refractivity contribution in [1.29, 1.82) is 0 Å². The Morgan fingerprint density at radius 1 is 1.24 bits per heavy atom. The van der Waals surface area contributed by atoms with E-state index in [1.165, 1.54) is 16.8 Å². The number of anilines is 1. The van der Waals surface area contributed by atoms with Crippen LogP contribution in [0.4, 0.5) is 5.69 Å². The number of benzene rings is 1. The van der Waals surface area contributed by atoms with Crippen LogP contribution in [-0.4, -0.2) is 46.9 Å². The van der Waals surface area contributed by atoms with E-state index in [2.05, 4.69) is 73.6 Å². The van der Waals surface area contributed by atoms with Crippen molar-refractivity contribution in [2.45, 2.75) is 33.7 Å². The third-order valence-corrected chi connectivity index (χ3v) is 3.72. The predicted molar refractivity (Wildman–Crippen MR) is 119 cm³/mol. The van der Waals surface area contributed by atoms with E-state index < -0.39 is 0 Å². The second kappa shape index (κ2) is 13.2. The van der Waals surface area contributed by atoms with Crippen molar-refractivity contribution in [2.24, 2.45) is 10.9 Å². The molecule has 144 valence electrons. The molecule has 6 heteroatoms. The first-order chi connectivity index (χ1) is 11.4. The molecule has 25 heavy (non-hydrogen) atoms. The van der Waals surface area contributed by atoms with Gasteiger partial charge in [0.2, 0.25) is 0 Å². The Balaban J connectivity index is 0.00000576. The van der Waals surface area contributed by atoms with Gasteiger partial charge in [0.1, 0.15) is 0 Å². The van der Waals surface area contributed by atoms with Crippen molar-refractivity contribution >= 4 is 35.6 Å². The molecule has 0 atom stereocenters. The van der Waals surface area contributed by atoms with Gasteiger partial charge in [0.25, 0.3) is 0 Å². The number of aliphatic imine (C=N–C) groups is 1. The van der Waals surface area contributed by atoms with Gasteiger partial charge in [-0.2, -0.15) is 0 Å². The summed E-state index contributed by atoms with van der Waals surface area (Å²) in [4.78, 5) is 6.39. The molecular formula is C19H35IN4O. The minimum absolute atomic E-state index is 0. The van der Waals surface area contributed by atoms with Crippen molar-refractivity contribution in [3.8, 4) is 0 Å². The summed E-state index contributed by atoms with van der Waals surface area (Å²) in [6.45, 7) is 9.71. The van der Waals surface area contributed by atoms with Gasteiger partial charge in [-0.05, 0) is 42.5 Å². The van der Waals surface area contributed by atoms with Gasteiger partial charge < -0.3 is 20.3 Å². The fourth-order valence-corrected chi connectivity index (χ4v) is 2.26. The van der Waals surface area contributed by atoms with Crippen LogP contribution in [0, 0.1) is 12.8 Å². The van der Waals surface area contributed by atoms with Gasteiger partial charge in [0.05, 0.1) is 0 Å². The van der Waals surface area contributed by atoms with Crippen LogP contribution in [-0.2, 0) is 11.3 Å². The molecular weight excluding hydrogens is 427 g/mol. The normalized spacial score (nSPS) is 11.2. The summed E-state index contributed by atoms with van der Waals surface area (Å²) in [5.41, 5.74) is 3.79. The van der Waals surface area contributed by atoms with Gasteiger partial charge in [-0.25, -0.2) is 0 Å². The Bertz CT molecular complexity index is 518. The fourth-order valence-electron chi connectivity index (χ4n) is 2.26. The van der Waals surface area contributed by atoms with Crippen LogP contribution in [0.2, 0.25) is 0 Å². The van der Waals surface area contributed by atoms with Crippen LogP contribution in [0.25, 0.3) is 0 Å². The molecule has 2 N–H and O–H groups in total. The van der Waals surface area contributed by atoms with Crippen molar-refractivity contribution in [2.75, 3.05) is 45.8 Å². The second-order valence-corrected chi connectivity index (χ2v) is 6.68. The average Bonchev–Trinajstić information content (AvgIpc) is 2.54. The minimum Gasteiger partial charge on any atom is -0.381 e. The molecule has 1 rings (SSSR count). The molecule has 0 bridgehead atoms. The molecule has 0 aromatic heterocycles. The zero-order valence-electron chi connectivity index (χ0n) is 16.6. The number of guanidine groups is 1. The van der Waals surface area contributed by atoms with E-state index in [0.29, 0.717) is 5.92 Å². The van der Waals surface area contributed by atoms with E-state index in [0.717, 1.165) is 38.7 Å². The topological polar surface area (TPSA) is 48.9 Å². The Labute approximate surface area is 170 Å². The highest BCUT2D eigenvalue weighted by atomic mass is 127. The van der Waals surface area contributed by atoms with Crippen LogP contribution < -0.4 is 15.5 Å². The summed E-state index contributed by atoms with van der Waals surface area (Å²) in [6, 6.07) is 6.52. The molecule has 0 radical (unpaired) electrons. The zero-order chi connectivity index (χ0) is 17.9. The van der Waals surface area contributed by atoms with Crippen LogP contribution in [0.15, 0.2) is 23.2 Å². The summed E-state index contributed by atoms with van der Waals surface area (Å²) in [5.74, 6) is 1.42. The van der Waals surface area contributed by atoms with Crippen molar-refractivity contribution in [3.05, 3.63) is 29.3 Å². The average molecular weight is 462 g/mol. The van der Waals surface area contributed by atoms with E-state index in [9.17, 15) is 0 Å². The fraction of sp³-hybridized carbons (Fsp3) is 0.632. The monoisotopic (exact) mass is 462 g/mol. The Morgan fingerprint density at radius 2 is 1.96 bits per heavy atom. The van der Waals surface area contributed by atoms with Gasteiger partial charge in [-0.1, -0.05) is 19.9 Å². The summed E-state index contributed by atoms with van der Waals surface area (Å²) in [5, 5.41) is 6.70. The lowest BCUT2D eigenvalue weighted by molar-refractivity contribution is 0.108. The summed E-state index contributed by atoms with van der Waals surface area (Å²) in [7, 11) is 5.92. The van der Waals surface area contributed by atoms with Crippen molar-refractivity contribution in [3.63, 3.8) is 0 Å². The molecule has 5 nitrogen and oxygen atoms in total. The Hall–Kier alpha value is -1.02. The maximum atomic E-state index is 5.58. The highest BCUT2D eigenvalue weighted by Crippen LogP contribution is 2.17. The lowest BCUT2D eigenvalue weighted by atomic mass is 10.1. The molecule has 0 amide bonds. The zero-order valence-corrected chi connectivity index (χ0v) is 18.9. The second-order valence-electron chi connectivity index (χ2n) is 6.68. The number of nitrogens with one attached hydrogen (secondary N) is 2. The molecule has 0 unspecified atom stereocenters. The quantitative estimate of drug-likeness (QED) is 0.256. The Kier molecular flexibility index (Phi) is 12.7. The number of halogens is 1. The highest BCUT2D eigenvalue weighted by Gasteiger charge is 2.03. The van der Waals surface area contributed by atoms with E-state index >= 15 is 0 Å². The van der Waals surface area contributed by atoms with Crippen LogP contribution in [0.5, 0.6) is 0 Å². The molecule has 0 aliphatic carbocycles. The number of ether oxygens (including phenoxy) is 1. The van der Waals surface area contributed by atoms with Gasteiger partial charge in [0, 0.05) is 53.1 Å². The molecule has 0 heterocycles. The SMILES string of the molecule is CN=C(NCCCOCC(C)C)NCc1ccc(N(C)C)cc1C.I. The third-order valence-electron chi connectivity index (χ3n) is 3.72. The molecule has 0 saturated heterocycles. The summed E-state index contributed by atoms with van der Waals surface area (Å²) < 4.78 is 5.58. The number of hydrogen-bond acceptors (Lipinski definition) is 3. The third kappa shape index (κ3) is 9.89. The predicted octanol–water partition coefficient (Wildman–Crippen LogP) is 3.41. The maximum absolute atomic E-state index is 5.58. The molecule has 0 saturated carbocycles. The highest BCUT2D eigenvalue weighted by molar-refractivity contribution is 14.0. The van der Waals surface area contributed by atoms with Gasteiger partial charge >= 0.3 is 0 Å². The summed E-state index contributed by atoms with van der Waals surface area (Å²) in [6.07, 6.45) is 0.976. The maximum Gasteiger partial charge on any atom is 0.191 e. The van der Waals surface area contributed by atoms with Crippen LogP contribution in [0.1, 0.15) is 31.4 Å². The van der Waals surface area contributed by atoms with Crippen molar-refractivity contribution in [1.82, 2.24) is 10.6 Å². The first-order valence-corrected chi connectivity index (χ1v) is 8.73. The van der Waals surface area contributed by atoms with E-state index in [1.54, 1.807) is 7.05 Å². The minimum atomic E-state index is 0. The molecule has 0 aliphatic rings. The van der Waals surface area contributed by atoms with Crippen LogP contribution >= 0.6 is 24.0 Å². The molecule has 1 aromatic rings. The van der Waals surface area contributed by atoms with Gasteiger partial charge in [0.15, 0.2) is 5.96 Å². The first-order valence-electron chi connectivity index (χ1n) is 8.73. The largest absolute Gasteiger partial charge is 0.381 e. The smallest absolute Gasteiger partial charge is 0.191 e. The molecule has 0 fully saturated rings. The van der Waals surface area contributed by atoms with Crippen LogP contribution in [0.3, 0.4) is 0 Å². The van der Waals surface area contributed by atoms with Gasteiger partial charge in [-0.3, -0.25) is 4.99 Å². The summed E-state index contributed by atoms with van der Waals surface area (Å²) >= 11 is 0. The van der Waals surface area contributed by atoms with E-state index in [-0.39, 0.29) is 24.0 Å². The number of aryl methyl sites for hydroxylation is 1. The lowest BCUT2D eigenvalue weighted by Crippen LogP contribution is -2.37. The number of rotatable bonds is 9. The standard InChI is InChI=1S/C19H34N4O.HI/c1-15(2)14-24-11-7-10-21-19(20-4)22-13-17-8-9-18(23(5)6)12-16(17)3;/h8-9,12,15H,7,10-11,13-14H2,1-6H3,(H2,20,21,22);1H. The van der Waals surface area contributed by atoms with E-state index in [1.807, 2.05) is 0 Å². The van der Waals surface area contributed by atoms with E-state index in [4.69, 9.17) is 4.74 Å². The molecule has 0 spiro atoms. The lowest BCUT2D eigenvalue weighted by Gasteiger charge is -2.16. The van der Waals surface area contributed by atoms with Gasteiger partial charge in [-0.15, -0.1) is 24.0 Å². The first kappa shape index (κ1) is 24.0. The number of nitrogens with zero attached hydrogens (tertiary/aromatic N) is 2. The Morgan fingerprint density at radius 3 is 2.52 bits per heavy atom.